The molecule has 0 saturated heterocycles. The number of hydrogen-bond donors (Lipinski definition) is 0. The quantitative estimate of drug-likeness (QED) is 0.718. The smallest absolute Gasteiger partial charge is 0.309 e. The number of fused-ring (bicyclic) bond motifs is 4. The van der Waals surface area contributed by atoms with Gasteiger partial charge in [0.05, 0.1) is 26.1 Å². The predicted molar refractivity (Wildman–Crippen MR) is 68.1 cm³/mol. The highest BCUT2D eigenvalue weighted by molar-refractivity contribution is 5.79. The largest absolute Gasteiger partial charge is 0.469 e. The third kappa shape index (κ3) is 1.46. The van der Waals surface area contributed by atoms with Gasteiger partial charge in [-0.2, -0.15) is 0 Å². The lowest BCUT2D eigenvalue weighted by Crippen LogP contribution is -2.56. The van der Waals surface area contributed by atoms with Crippen molar-refractivity contribution in [3.63, 3.8) is 0 Å². The molecule has 0 bridgehead atoms. The first-order valence-electron chi connectivity index (χ1n) is 7.21. The van der Waals surface area contributed by atoms with E-state index in [4.69, 9.17) is 9.47 Å². The van der Waals surface area contributed by atoms with Gasteiger partial charge in [-0.1, -0.05) is 13.3 Å². The zero-order valence-corrected chi connectivity index (χ0v) is 11.8. The van der Waals surface area contributed by atoms with E-state index in [1.807, 2.05) is 0 Å². The zero-order chi connectivity index (χ0) is 13.8. The first-order chi connectivity index (χ1) is 9.05. The number of ether oxygens (including phenoxy) is 2. The molecule has 0 amide bonds. The number of esters is 2. The molecule has 0 aromatic heterocycles. The van der Waals surface area contributed by atoms with E-state index in [-0.39, 0.29) is 29.2 Å². The van der Waals surface area contributed by atoms with Crippen molar-refractivity contribution < 1.29 is 19.1 Å². The van der Waals surface area contributed by atoms with Gasteiger partial charge in [0.25, 0.3) is 0 Å². The number of carbonyl (C=O) groups is 2. The lowest BCUT2D eigenvalue weighted by atomic mass is 9.46. The fourth-order valence-electron chi connectivity index (χ4n) is 5.54. The Hall–Kier alpha value is -1.06. The zero-order valence-electron chi connectivity index (χ0n) is 11.8. The standard InChI is InChI=1S/C15H22O4/c1-15-10-6-4-5-8(10)12(15)9(13(16)18-2)7-11(15)14(17)19-3/h8-12H,4-7H2,1-3H3/t8-,9+,10+,11+,12-,15+/m1/s1. The Morgan fingerprint density at radius 1 is 1.11 bits per heavy atom. The van der Waals surface area contributed by atoms with Crippen LogP contribution in [-0.2, 0) is 19.1 Å². The van der Waals surface area contributed by atoms with Crippen LogP contribution < -0.4 is 0 Å². The third-order valence-electron chi connectivity index (χ3n) is 6.21. The average molecular weight is 266 g/mol. The molecule has 3 saturated carbocycles. The minimum atomic E-state index is -0.149. The van der Waals surface area contributed by atoms with E-state index in [1.165, 1.54) is 33.5 Å². The normalized spacial score (nSPS) is 47.0. The first kappa shape index (κ1) is 12.9. The number of carbonyl (C=O) groups excluding carboxylic acids is 2. The van der Waals surface area contributed by atoms with E-state index in [2.05, 4.69) is 6.92 Å². The summed E-state index contributed by atoms with van der Waals surface area (Å²) in [7, 11) is 2.88. The van der Waals surface area contributed by atoms with Crippen LogP contribution in [0.1, 0.15) is 32.6 Å². The van der Waals surface area contributed by atoms with Gasteiger partial charge in [0, 0.05) is 0 Å². The summed E-state index contributed by atoms with van der Waals surface area (Å²) in [5, 5.41) is 0. The van der Waals surface area contributed by atoms with Gasteiger partial charge in [-0.05, 0) is 42.4 Å². The van der Waals surface area contributed by atoms with Crippen LogP contribution in [0, 0.1) is 35.0 Å². The Bertz CT molecular complexity index is 418. The summed E-state index contributed by atoms with van der Waals surface area (Å²) in [6.07, 6.45) is 4.22. The number of methoxy groups -OCH3 is 2. The summed E-state index contributed by atoms with van der Waals surface area (Å²) < 4.78 is 9.92. The van der Waals surface area contributed by atoms with Crippen LogP contribution in [0.3, 0.4) is 0 Å². The maximum absolute atomic E-state index is 12.1. The van der Waals surface area contributed by atoms with Crippen molar-refractivity contribution in [1.82, 2.24) is 0 Å². The summed E-state index contributed by atoms with van der Waals surface area (Å²) >= 11 is 0. The third-order valence-corrected chi connectivity index (χ3v) is 6.21. The van der Waals surface area contributed by atoms with Crippen LogP contribution in [0.15, 0.2) is 0 Å². The molecule has 0 aliphatic heterocycles. The summed E-state index contributed by atoms with van der Waals surface area (Å²) in [5.74, 6) is 0.984. The summed E-state index contributed by atoms with van der Waals surface area (Å²) in [5.41, 5.74) is -0.0485. The molecule has 19 heavy (non-hydrogen) atoms. The van der Waals surface area contributed by atoms with E-state index in [0.29, 0.717) is 24.2 Å². The summed E-state index contributed by atoms with van der Waals surface area (Å²) in [6.45, 7) is 2.19. The molecule has 3 aliphatic carbocycles. The molecule has 4 heteroatoms. The Morgan fingerprint density at radius 3 is 2.42 bits per heavy atom. The highest BCUT2D eigenvalue weighted by atomic mass is 16.5. The highest BCUT2D eigenvalue weighted by Crippen LogP contribution is 2.73. The Balaban J connectivity index is 1.93. The molecule has 0 radical (unpaired) electrons. The molecule has 0 unspecified atom stereocenters. The van der Waals surface area contributed by atoms with Crippen molar-refractivity contribution in [3.8, 4) is 0 Å². The van der Waals surface area contributed by atoms with E-state index >= 15 is 0 Å². The van der Waals surface area contributed by atoms with Gasteiger partial charge in [0.15, 0.2) is 0 Å². The predicted octanol–water partition coefficient (Wildman–Crippen LogP) is 2.02. The van der Waals surface area contributed by atoms with Crippen molar-refractivity contribution in [3.05, 3.63) is 0 Å². The monoisotopic (exact) mass is 266 g/mol. The molecule has 0 aromatic carbocycles. The van der Waals surface area contributed by atoms with Gasteiger partial charge in [-0.25, -0.2) is 0 Å². The Kier molecular flexibility index (Phi) is 2.88. The van der Waals surface area contributed by atoms with Gasteiger partial charge in [-0.3, -0.25) is 9.59 Å². The van der Waals surface area contributed by atoms with Crippen LogP contribution in [-0.4, -0.2) is 26.2 Å². The second-order valence-corrected chi connectivity index (χ2v) is 6.53. The lowest BCUT2D eigenvalue weighted by Gasteiger charge is -2.57. The van der Waals surface area contributed by atoms with Crippen molar-refractivity contribution in [2.45, 2.75) is 32.6 Å². The maximum Gasteiger partial charge on any atom is 0.309 e. The molecule has 3 fully saturated rings. The van der Waals surface area contributed by atoms with Crippen molar-refractivity contribution >= 4 is 11.9 Å². The lowest BCUT2D eigenvalue weighted by molar-refractivity contribution is -0.169. The van der Waals surface area contributed by atoms with Gasteiger partial charge in [0.1, 0.15) is 0 Å². The van der Waals surface area contributed by atoms with Crippen LogP contribution in [0.25, 0.3) is 0 Å². The van der Waals surface area contributed by atoms with Gasteiger partial charge >= 0.3 is 11.9 Å². The molecule has 0 N–H and O–H groups in total. The van der Waals surface area contributed by atoms with Crippen molar-refractivity contribution in [1.29, 1.82) is 0 Å². The fourth-order valence-corrected chi connectivity index (χ4v) is 5.54. The molecule has 3 aliphatic rings. The molecule has 4 nitrogen and oxygen atoms in total. The van der Waals surface area contributed by atoms with E-state index in [9.17, 15) is 9.59 Å². The summed E-state index contributed by atoms with van der Waals surface area (Å²) in [4.78, 5) is 24.1. The molecular weight excluding hydrogens is 244 g/mol. The molecule has 0 spiro atoms. The number of hydrogen-bond acceptors (Lipinski definition) is 4. The maximum atomic E-state index is 12.1. The summed E-state index contributed by atoms with van der Waals surface area (Å²) in [6, 6.07) is 0. The van der Waals surface area contributed by atoms with Crippen LogP contribution in [0.2, 0.25) is 0 Å². The molecular formula is C15H22O4. The van der Waals surface area contributed by atoms with Crippen LogP contribution >= 0.6 is 0 Å². The molecule has 0 heterocycles. The number of rotatable bonds is 2. The molecule has 106 valence electrons. The second kappa shape index (κ2) is 4.22. The van der Waals surface area contributed by atoms with Gasteiger partial charge in [-0.15, -0.1) is 0 Å². The van der Waals surface area contributed by atoms with E-state index in [0.717, 1.165) is 0 Å². The Labute approximate surface area is 113 Å². The fraction of sp³-hybridized carbons (Fsp3) is 0.867. The van der Waals surface area contributed by atoms with Crippen molar-refractivity contribution in [2.75, 3.05) is 14.2 Å². The van der Waals surface area contributed by atoms with E-state index < -0.39 is 0 Å². The molecule has 3 rings (SSSR count). The van der Waals surface area contributed by atoms with Crippen LogP contribution in [0.5, 0.6) is 0 Å². The average Bonchev–Trinajstić information content (AvgIpc) is 2.95. The molecule has 6 atom stereocenters. The van der Waals surface area contributed by atoms with Crippen LogP contribution in [0.4, 0.5) is 0 Å². The minimum Gasteiger partial charge on any atom is -0.469 e. The first-order valence-corrected chi connectivity index (χ1v) is 7.21. The minimum absolute atomic E-state index is 0.0485. The topological polar surface area (TPSA) is 52.6 Å². The molecule has 0 aromatic rings. The highest BCUT2D eigenvalue weighted by Gasteiger charge is 2.72. The van der Waals surface area contributed by atoms with E-state index in [1.54, 1.807) is 0 Å². The second-order valence-electron chi connectivity index (χ2n) is 6.53. The van der Waals surface area contributed by atoms with Crippen molar-refractivity contribution in [2.24, 2.45) is 35.0 Å². The Morgan fingerprint density at radius 2 is 1.79 bits per heavy atom. The van der Waals surface area contributed by atoms with Gasteiger partial charge < -0.3 is 9.47 Å². The van der Waals surface area contributed by atoms with Gasteiger partial charge in [0.2, 0.25) is 0 Å². The SMILES string of the molecule is COC(=O)[C@H]1C[C@@H](C(=O)OC)[C@@]2(C)[C@@H]1[C@@H]1CCC[C@@H]12.